The molecule has 0 saturated carbocycles. The first-order valence-corrected chi connectivity index (χ1v) is 13.8. The highest BCUT2D eigenvalue weighted by Crippen LogP contribution is 2.43. The first-order valence-electron chi connectivity index (χ1n) is 13.8. The number of phenolic OH excluding ortho intramolecular Hbond substituents is 2. The van der Waals surface area contributed by atoms with Crippen LogP contribution in [-0.4, -0.2) is 111 Å². The number of methoxy groups -OCH3 is 1. The van der Waals surface area contributed by atoms with Gasteiger partial charge in [0, 0.05) is 18.1 Å². The van der Waals surface area contributed by atoms with Crippen LogP contribution >= 0.6 is 0 Å². The van der Waals surface area contributed by atoms with Crippen LogP contribution in [0, 0.1) is 5.92 Å². The van der Waals surface area contributed by atoms with Gasteiger partial charge >= 0.3 is 0 Å². The highest BCUT2D eigenvalue weighted by Gasteiger charge is 2.47. The number of hydrogen-bond donors (Lipinski definition) is 7. The lowest BCUT2D eigenvalue weighted by molar-refractivity contribution is -0.312. The van der Waals surface area contributed by atoms with Crippen molar-refractivity contribution in [2.75, 3.05) is 13.7 Å². The van der Waals surface area contributed by atoms with E-state index < -0.39 is 78.9 Å². The molecule has 3 aliphatic rings. The molecule has 14 nitrogen and oxygen atoms in total. The van der Waals surface area contributed by atoms with Crippen LogP contribution in [0.25, 0.3) is 0 Å². The molecule has 0 aliphatic carbocycles. The van der Waals surface area contributed by atoms with Gasteiger partial charge in [-0.15, -0.1) is 0 Å². The van der Waals surface area contributed by atoms with Gasteiger partial charge in [0.2, 0.25) is 6.29 Å². The Morgan fingerprint density at radius 2 is 1.60 bits per heavy atom. The molecule has 236 valence electrons. The van der Waals surface area contributed by atoms with E-state index in [4.69, 9.17) is 28.4 Å². The number of carbonyl (C=O) groups is 1. The Labute approximate surface area is 246 Å². The number of fused-ring (bicyclic) bond motifs is 1. The Morgan fingerprint density at radius 3 is 2.30 bits per heavy atom. The number of carbonyl (C=O) groups excluding carboxylic acids is 1. The van der Waals surface area contributed by atoms with Crippen molar-refractivity contribution in [2.45, 2.75) is 81.7 Å². The Bertz CT molecular complexity index is 1320. The Morgan fingerprint density at radius 1 is 0.860 bits per heavy atom. The summed E-state index contributed by atoms with van der Waals surface area (Å²) in [6, 6.07) is 6.99. The van der Waals surface area contributed by atoms with E-state index in [1.54, 1.807) is 19.9 Å². The predicted octanol–water partition coefficient (Wildman–Crippen LogP) is 0.119. The van der Waals surface area contributed by atoms with Crippen molar-refractivity contribution in [1.82, 2.24) is 0 Å². The molecule has 2 aromatic rings. The quantitative estimate of drug-likeness (QED) is 0.222. The van der Waals surface area contributed by atoms with Crippen LogP contribution in [0.3, 0.4) is 0 Å². The minimum Gasteiger partial charge on any atom is -0.507 e. The molecule has 7 N–H and O–H groups in total. The number of ether oxygens (including phenoxy) is 6. The van der Waals surface area contributed by atoms with Crippen molar-refractivity contribution in [3.05, 3.63) is 41.5 Å². The predicted molar refractivity (Wildman–Crippen MR) is 144 cm³/mol. The summed E-state index contributed by atoms with van der Waals surface area (Å²) in [5, 5.41) is 72.9. The van der Waals surface area contributed by atoms with Gasteiger partial charge in [0.1, 0.15) is 59.4 Å². The highest BCUT2D eigenvalue weighted by molar-refractivity contribution is 6.02. The molecule has 0 bridgehead atoms. The van der Waals surface area contributed by atoms with E-state index >= 15 is 0 Å². The molecule has 43 heavy (non-hydrogen) atoms. The zero-order valence-electron chi connectivity index (χ0n) is 23.6. The minimum absolute atomic E-state index is 0.0221. The molecule has 3 heterocycles. The third-order valence-electron chi connectivity index (χ3n) is 8.08. The average Bonchev–Trinajstić information content (AvgIpc) is 2.97. The first kappa shape index (κ1) is 31.2. The fourth-order valence-corrected chi connectivity index (χ4v) is 5.44. The SMILES string of the molecule is COc1ccc([C@H]2CC(=O)c3c(O)cc(O[C@@H]4O[C@H](CO[C@H]5O[C@H](C)[C@@H](O)[C@H](C)[C@@H]5O)[C@@H](O)[C@H](O)[C@H]4O)cc3O2)cc1O. The van der Waals surface area contributed by atoms with Crippen LogP contribution in [0.4, 0.5) is 0 Å². The molecular formula is C29H36O14. The molecule has 3 aliphatic heterocycles. The Hall–Kier alpha value is -3.21. The second kappa shape index (κ2) is 12.4. The van der Waals surface area contributed by atoms with Crippen LogP contribution < -0.4 is 14.2 Å². The van der Waals surface area contributed by atoms with Crippen molar-refractivity contribution in [1.29, 1.82) is 0 Å². The lowest BCUT2D eigenvalue weighted by atomic mass is 9.91. The maximum Gasteiger partial charge on any atom is 0.229 e. The van der Waals surface area contributed by atoms with E-state index in [9.17, 15) is 40.5 Å². The molecule has 2 fully saturated rings. The summed E-state index contributed by atoms with van der Waals surface area (Å²) in [6.45, 7) is 2.87. The van der Waals surface area contributed by atoms with Gasteiger partial charge in [-0.3, -0.25) is 4.79 Å². The van der Waals surface area contributed by atoms with Gasteiger partial charge in [-0.1, -0.05) is 13.0 Å². The molecule has 0 unspecified atom stereocenters. The number of benzene rings is 2. The fraction of sp³-hybridized carbons (Fsp3) is 0.552. The average molecular weight is 609 g/mol. The van der Waals surface area contributed by atoms with Crippen molar-refractivity contribution in [3.63, 3.8) is 0 Å². The lowest BCUT2D eigenvalue weighted by Crippen LogP contribution is -2.61. The van der Waals surface area contributed by atoms with Crippen LogP contribution in [0.15, 0.2) is 30.3 Å². The van der Waals surface area contributed by atoms with Gasteiger partial charge in [-0.05, 0) is 24.6 Å². The lowest BCUT2D eigenvalue weighted by Gasteiger charge is -2.42. The Balaban J connectivity index is 1.30. The van der Waals surface area contributed by atoms with E-state index in [1.165, 1.54) is 25.3 Å². The van der Waals surface area contributed by atoms with Gasteiger partial charge in [0.25, 0.3) is 0 Å². The number of Topliss-reactive ketones (excluding diaryl/α,β-unsaturated/α-hetero) is 1. The van der Waals surface area contributed by atoms with Gasteiger partial charge in [0.15, 0.2) is 23.6 Å². The highest BCUT2D eigenvalue weighted by atomic mass is 16.7. The molecule has 5 rings (SSSR count). The normalized spacial score (nSPS) is 36.0. The molecule has 0 aromatic heterocycles. The summed E-state index contributed by atoms with van der Waals surface area (Å²) in [4.78, 5) is 12.9. The maximum atomic E-state index is 12.9. The molecule has 0 spiro atoms. The number of aliphatic hydroxyl groups excluding tert-OH is 5. The molecular weight excluding hydrogens is 572 g/mol. The summed E-state index contributed by atoms with van der Waals surface area (Å²) in [5.74, 6) is -1.44. The summed E-state index contributed by atoms with van der Waals surface area (Å²) < 4.78 is 33.6. The molecule has 14 heteroatoms. The van der Waals surface area contributed by atoms with Crippen LogP contribution in [0.5, 0.6) is 28.7 Å². The molecule has 0 amide bonds. The smallest absolute Gasteiger partial charge is 0.229 e. The summed E-state index contributed by atoms with van der Waals surface area (Å²) >= 11 is 0. The number of aliphatic hydroxyl groups is 5. The van der Waals surface area contributed by atoms with Crippen molar-refractivity contribution in [2.24, 2.45) is 5.92 Å². The van der Waals surface area contributed by atoms with Crippen LogP contribution in [0.1, 0.15) is 42.3 Å². The molecule has 11 atom stereocenters. The number of hydrogen-bond acceptors (Lipinski definition) is 14. The van der Waals surface area contributed by atoms with E-state index in [2.05, 4.69) is 0 Å². The van der Waals surface area contributed by atoms with Gasteiger partial charge in [0.05, 0.1) is 32.3 Å². The zero-order chi connectivity index (χ0) is 31.2. The van der Waals surface area contributed by atoms with Crippen molar-refractivity contribution < 1.29 is 69.0 Å². The monoisotopic (exact) mass is 608 g/mol. The van der Waals surface area contributed by atoms with Gasteiger partial charge in [-0.2, -0.15) is 0 Å². The van der Waals surface area contributed by atoms with E-state index in [0.717, 1.165) is 6.07 Å². The second-order valence-electron chi connectivity index (χ2n) is 11.0. The maximum absolute atomic E-state index is 12.9. The number of phenols is 2. The minimum atomic E-state index is -1.73. The van der Waals surface area contributed by atoms with Gasteiger partial charge in [-0.25, -0.2) is 0 Å². The molecule has 2 aromatic carbocycles. The van der Waals surface area contributed by atoms with Crippen LogP contribution in [-0.2, 0) is 14.2 Å². The molecule has 0 radical (unpaired) electrons. The summed E-state index contributed by atoms with van der Waals surface area (Å²) in [6.07, 6.45) is -12.6. The number of aromatic hydroxyl groups is 2. The third-order valence-corrected chi connectivity index (χ3v) is 8.08. The number of rotatable bonds is 7. The van der Waals surface area contributed by atoms with Crippen LogP contribution in [0.2, 0.25) is 0 Å². The first-order chi connectivity index (χ1) is 20.4. The summed E-state index contributed by atoms with van der Waals surface area (Å²) in [5.41, 5.74) is 0.409. The topological polar surface area (TPSA) is 214 Å². The van der Waals surface area contributed by atoms with Gasteiger partial charge < -0.3 is 64.2 Å². The zero-order valence-corrected chi connectivity index (χ0v) is 23.6. The molecule has 2 saturated heterocycles. The fourth-order valence-electron chi connectivity index (χ4n) is 5.44. The summed E-state index contributed by atoms with van der Waals surface area (Å²) in [7, 11) is 1.40. The van der Waals surface area contributed by atoms with Crippen molar-refractivity contribution >= 4 is 5.78 Å². The second-order valence-corrected chi connectivity index (χ2v) is 11.0. The largest absolute Gasteiger partial charge is 0.507 e. The third kappa shape index (κ3) is 6.10. The standard InChI is InChI=1S/C29H36O14/c1-11-23(33)12(2)40-28(24(11)34)39-10-21-25(35)26(36)27(37)29(43-21)41-14-7-16(31)22-17(32)9-19(42-20(22)8-14)13-4-5-18(38-3)15(30)6-13/h4-8,11-12,19,21,23-31,33-37H,9-10H2,1-3H3/t11-,12+,19+,21+,23-,24-,25+,26-,27+,28-,29+/m0/s1. The number of ketones is 1. The van der Waals surface area contributed by atoms with E-state index in [1.807, 2.05) is 0 Å². The van der Waals surface area contributed by atoms with E-state index in [-0.39, 0.29) is 41.6 Å². The van der Waals surface area contributed by atoms with Crippen molar-refractivity contribution in [3.8, 4) is 28.7 Å². The van der Waals surface area contributed by atoms with E-state index in [0.29, 0.717) is 5.56 Å². The Kier molecular flexibility index (Phi) is 9.02.